The van der Waals surface area contributed by atoms with Gasteiger partial charge in [-0.1, -0.05) is 0 Å². The molecule has 1 amide bonds. The summed E-state index contributed by atoms with van der Waals surface area (Å²) in [5.41, 5.74) is -0.366. The molecule has 0 aliphatic carbocycles. The lowest BCUT2D eigenvalue weighted by Gasteiger charge is -2.15. The van der Waals surface area contributed by atoms with E-state index in [2.05, 4.69) is 10.1 Å². The van der Waals surface area contributed by atoms with Gasteiger partial charge in [-0.2, -0.15) is 0 Å². The zero-order valence-corrected chi connectivity index (χ0v) is 12.4. The number of ether oxygens (including phenoxy) is 2. The Labute approximate surface area is 129 Å². The van der Waals surface area contributed by atoms with E-state index in [1.54, 1.807) is 6.92 Å². The fraction of sp³-hybridized carbons (Fsp3) is 0.385. The van der Waals surface area contributed by atoms with Crippen LogP contribution in [0.3, 0.4) is 0 Å². The average Bonchev–Trinajstić information content (AvgIpc) is 2.39. The molecular weight excluding hydrogens is 327 g/mol. The summed E-state index contributed by atoms with van der Waals surface area (Å²) in [6.07, 6.45) is -4.95. The molecule has 0 aromatic heterocycles. The first kappa shape index (κ1) is 18.1. The zero-order valence-electron chi connectivity index (χ0n) is 11.7. The lowest BCUT2D eigenvalue weighted by atomic mass is 10.2. The molecule has 0 aliphatic heterocycles. The van der Waals surface area contributed by atoms with Crippen LogP contribution in [0.2, 0.25) is 0 Å². The van der Waals surface area contributed by atoms with E-state index in [0.29, 0.717) is 0 Å². The van der Waals surface area contributed by atoms with Crippen LogP contribution in [-0.2, 0) is 9.53 Å². The maximum absolute atomic E-state index is 12.3. The summed E-state index contributed by atoms with van der Waals surface area (Å²) in [6, 6.07) is 3.03. The van der Waals surface area contributed by atoms with Gasteiger partial charge < -0.3 is 14.8 Å². The van der Waals surface area contributed by atoms with E-state index in [1.165, 1.54) is 6.92 Å². The number of amides is 1. The number of carbonyl (C=O) groups is 2. The van der Waals surface area contributed by atoms with Gasteiger partial charge in [-0.3, -0.25) is 4.79 Å². The summed E-state index contributed by atoms with van der Waals surface area (Å²) in [5.74, 6) is -2.14. The van der Waals surface area contributed by atoms with Crippen LogP contribution in [0.4, 0.5) is 18.9 Å². The Hall–Kier alpha value is -1.96. The molecule has 0 radical (unpaired) electrons. The number of hydrogen-bond acceptors (Lipinski definition) is 4. The lowest BCUT2D eigenvalue weighted by Crippen LogP contribution is -2.23. The Kier molecular flexibility index (Phi) is 6.04. The molecule has 122 valence electrons. The molecule has 1 aromatic carbocycles. The van der Waals surface area contributed by atoms with Crippen LogP contribution in [-0.4, -0.2) is 30.2 Å². The van der Waals surface area contributed by atoms with E-state index in [4.69, 9.17) is 16.3 Å². The second-order valence-electron chi connectivity index (χ2n) is 4.08. The maximum atomic E-state index is 12.3. The molecule has 0 saturated carbocycles. The smallest absolute Gasteiger partial charge is 0.462 e. The second-order valence-corrected chi connectivity index (χ2v) is 4.74. The van der Waals surface area contributed by atoms with Gasteiger partial charge in [0, 0.05) is 0 Å². The van der Waals surface area contributed by atoms with E-state index < -0.39 is 29.4 Å². The van der Waals surface area contributed by atoms with Crippen LogP contribution in [0, 0.1) is 0 Å². The van der Waals surface area contributed by atoms with E-state index in [0.717, 1.165) is 18.2 Å². The largest absolute Gasteiger partial charge is 0.573 e. The summed E-state index contributed by atoms with van der Waals surface area (Å²) in [4.78, 5) is 23.1. The van der Waals surface area contributed by atoms with Crippen molar-refractivity contribution in [3.63, 3.8) is 0 Å². The van der Waals surface area contributed by atoms with Gasteiger partial charge in [0.25, 0.3) is 0 Å². The minimum atomic E-state index is -4.95. The molecule has 0 heterocycles. The molecule has 0 spiro atoms. The van der Waals surface area contributed by atoms with Gasteiger partial charge in [0.1, 0.15) is 5.38 Å². The number of nitrogens with one attached hydrogen (secondary N) is 1. The Morgan fingerprint density at radius 1 is 1.36 bits per heavy atom. The SMILES string of the molecule is CCOC(=O)c1ccc(OC(F)(F)F)c(NC(=O)C(C)Cl)c1. The summed E-state index contributed by atoms with van der Waals surface area (Å²) >= 11 is 5.55. The average molecular weight is 340 g/mol. The number of halogens is 4. The van der Waals surface area contributed by atoms with Crippen molar-refractivity contribution in [2.75, 3.05) is 11.9 Å². The fourth-order valence-electron chi connectivity index (χ4n) is 1.41. The maximum Gasteiger partial charge on any atom is 0.573 e. The standard InChI is InChI=1S/C13H13ClF3NO4/c1-3-21-12(20)8-4-5-10(22-13(15,16)17)9(6-8)18-11(19)7(2)14/h4-7H,3H2,1-2H3,(H,18,19). The normalized spacial score (nSPS) is 12.5. The van der Waals surface area contributed by atoms with Crippen LogP contribution < -0.4 is 10.1 Å². The summed E-state index contributed by atoms with van der Waals surface area (Å²) < 4.78 is 45.6. The third-order valence-electron chi connectivity index (χ3n) is 2.34. The molecule has 1 N–H and O–H groups in total. The molecule has 1 atom stereocenters. The Morgan fingerprint density at radius 2 is 2.00 bits per heavy atom. The first-order valence-electron chi connectivity index (χ1n) is 6.16. The van der Waals surface area contributed by atoms with Crippen LogP contribution >= 0.6 is 11.6 Å². The van der Waals surface area contributed by atoms with Gasteiger partial charge in [0.2, 0.25) is 5.91 Å². The monoisotopic (exact) mass is 339 g/mol. The quantitative estimate of drug-likeness (QED) is 0.660. The minimum absolute atomic E-state index is 0.0334. The van der Waals surface area contributed by atoms with Gasteiger partial charge in [-0.05, 0) is 32.0 Å². The summed E-state index contributed by atoms with van der Waals surface area (Å²) in [5, 5.41) is 1.18. The molecule has 1 rings (SSSR count). The van der Waals surface area contributed by atoms with Gasteiger partial charge in [-0.25, -0.2) is 4.79 Å². The summed E-state index contributed by atoms with van der Waals surface area (Å²) in [7, 11) is 0. The molecular formula is C13H13ClF3NO4. The molecule has 5 nitrogen and oxygen atoms in total. The van der Waals surface area contributed by atoms with Gasteiger partial charge >= 0.3 is 12.3 Å². The highest BCUT2D eigenvalue weighted by Crippen LogP contribution is 2.31. The van der Waals surface area contributed by atoms with Gasteiger partial charge in [0.05, 0.1) is 17.9 Å². The molecule has 1 aromatic rings. The first-order valence-corrected chi connectivity index (χ1v) is 6.59. The predicted molar refractivity (Wildman–Crippen MR) is 73.0 cm³/mol. The lowest BCUT2D eigenvalue weighted by molar-refractivity contribution is -0.274. The number of benzene rings is 1. The third-order valence-corrected chi connectivity index (χ3v) is 2.53. The fourth-order valence-corrected chi connectivity index (χ4v) is 1.47. The number of carbonyl (C=O) groups excluding carboxylic acids is 2. The molecule has 22 heavy (non-hydrogen) atoms. The minimum Gasteiger partial charge on any atom is -0.462 e. The predicted octanol–water partition coefficient (Wildman–Crippen LogP) is 3.33. The number of anilines is 1. The zero-order chi connectivity index (χ0) is 16.9. The Bertz CT molecular complexity index is 561. The van der Waals surface area contributed by atoms with E-state index in [1.807, 2.05) is 0 Å². The van der Waals surface area contributed by atoms with Gasteiger partial charge in [0.15, 0.2) is 5.75 Å². The topological polar surface area (TPSA) is 64.6 Å². The highest BCUT2D eigenvalue weighted by Gasteiger charge is 2.32. The molecule has 0 aliphatic rings. The molecule has 0 saturated heterocycles. The van der Waals surface area contributed by atoms with Crippen molar-refractivity contribution < 1.29 is 32.2 Å². The van der Waals surface area contributed by atoms with Crippen LogP contribution in [0.25, 0.3) is 0 Å². The van der Waals surface area contributed by atoms with E-state index in [-0.39, 0.29) is 17.9 Å². The van der Waals surface area contributed by atoms with E-state index in [9.17, 15) is 22.8 Å². The van der Waals surface area contributed by atoms with Crippen molar-refractivity contribution in [3.05, 3.63) is 23.8 Å². The van der Waals surface area contributed by atoms with Crippen molar-refractivity contribution in [2.24, 2.45) is 0 Å². The second kappa shape index (κ2) is 7.35. The van der Waals surface area contributed by atoms with Crippen molar-refractivity contribution in [1.29, 1.82) is 0 Å². The number of alkyl halides is 4. The number of hydrogen-bond donors (Lipinski definition) is 1. The van der Waals surface area contributed by atoms with Crippen molar-refractivity contribution in [1.82, 2.24) is 0 Å². The van der Waals surface area contributed by atoms with Crippen LogP contribution in [0.5, 0.6) is 5.75 Å². The van der Waals surface area contributed by atoms with Crippen molar-refractivity contribution in [3.8, 4) is 5.75 Å². The Balaban J connectivity index is 3.16. The molecule has 0 bridgehead atoms. The van der Waals surface area contributed by atoms with Crippen LogP contribution in [0.1, 0.15) is 24.2 Å². The van der Waals surface area contributed by atoms with E-state index >= 15 is 0 Å². The highest BCUT2D eigenvalue weighted by molar-refractivity contribution is 6.32. The molecule has 0 fully saturated rings. The van der Waals surface area contributed by atoms with Crippen molar-refractivity contribution in [2.45, 2.75) is 25.6 Å². The first-order chi connectivity index (χ1) is 10.1. The number of esters is 1. The number of rotatable bonds is 5. The Morgan fingerprint density at radius 3 is 2.50 bits per heavy atom. The van der Waals surface area contributed by atoms with Crippen LogP contribution in [0.15, 0.2) is 18.2 Å². The third kappa shape index (κ3) is 5.44. The molecule has 9 heteroatoms. The summed E-state index contributed by atoms with van der Waals surface area (Å²) in [6.45, 7) is 3.02. The molecule has 1 unspecified atom stereocenters. The highest BCUT2D eigenvalue weighted by atomic mass is 35.5. The van der Waals surface area contributed by atoms with Gasteiger partial charge in [-0.15, -0.1) is 24.8 Å². The van der Waals surface area contributed by atoms with Crippen molar-refractivity contribution >= 4 is 29.2 Å².